The van der Waals surface area contributed by atoms with Crippen LogP contribution in [0, 0.1) is 12.8 Å². The van der Waals surface area contributed by atoms with Crippen LogP contribution in [0.4, 0.5) is 11.4 Å². The Kier molecular flexibility index (Phi) is 6.20. The van der Waals surface area contributed by atoms with Gasteiger partial charge in [0.25, 0.3) is 0 Å². The van der Waals surface area contributed by atoms with Crippen molar-refractivity contribution >= 4 is 33.2 Å². The Hall–Kier alpha value is -2.91. The quantitative estimate of drug-likeness (QED) is 0.670. The molecule has 2 aromatic carbocycles. The Labute approximate surface area is 194 Å². The number of hydrogen-bond acceptors (Lipinski definition) is 5. The van der Waals surface area contributed by atoms with E-state index < -0.39 is 15.9 Å². The van der Waals surface area contributed by atoms with Gasteiger partial charge in [-0.3, -0.25) is 9.59 Å². The molecule has 1 fully saturated rings. The summed E-state index contributed by atoms with van der Waals surface area (Å²) in [4.78, 5) is 27.1. The van der Waals surface area contributed by atoms with Gasteiger partial charge in [0.05, 0.1) is 24.2 Å². The number of fused-ring (bicyclic) bond motifs is 1. The van der Waals surface area contributed by atoms with Gasteiger partial charge in [0.2, 0.25) is 21.8 Å². The summed E-state index contributed by atoms with van der Waals surface area (Å²) in [6.45, 7) is 3.52. The number of carbonyl (C=O) groups is 2. The molecular formula is C24H29N3O5S. The molecule has 0 aromatic heterocycles. The third kappa shape index (κ3) is 4.60. The summed E-state index contributed by atoms with van der Waals surface area (Å²) in [6, 6.07) is 10.2. The summed E-state index contributed by atoms with van der Waals surface area (Å²) in [5.74, 6) is 0.245. The average molecular weight is 472 g/mol. The highest BCUT2D eigenvalue weighted by Gasteiger charge is 2.40. The molecule has 0 saturated heterocycles. The minimum atomic E-state index is -3.89. The fourth-order valence-corrected chi connectivity index (χ4v) is 5.39. The third-order valence-corrected chi connectivity index (χ3v) is 7.93. The van der Waals surface area contributed by atoms with Gasteiger partial charge in [0, 0.05) is 24.7 Å². The number of nitrogens with zero attached hydrogens (tertiary/aromatic N) is 2. The Morgan fingerprint density at radius 3 is 2.58 bits per heavy atom. The maximum absolute atomic E-state index is 13.2. The number of rotatable bonds is 7. The largest absolute Gasteiger partial charge is 0.495 e. The summed E-state index contributed by atoms with van der Waals surface area (Å²) in [6.07, 6.45) is 2.45. The second kappa shape index (κ2) is 8.79. The van der Waals surface area contributed by atoms with Crippen LogP contribution >= 0.6 is 0 Å². The number of hydrogen-bond donors (Lipinski definition) is 1. The molecule has 8 nitrogen and oxygen atoms in total. The lowest BCUT2D eigenvalue weighted by Crippen LogP contribution is -2.36. The van der Waals surface area contributed by atoms with E-state index in [-0.39, 0.29) is 29.3 Å². The Bertz CT molecular complexity index is 1210. The van der Waals surface area contributed by atoms with E-state index in [1.54, 1.807) is 29.2 Å². The first kappa shape index (κ1) is 23.3. The van der Waals surface area contributed by atoms with Crippen LogP contribution in [0.5, 0.6) is 5.75 Å². The highest BCUT2D eigenvalue weighted by atomic mass is 32.2. The van der Waals surface area contributed by atoms with Gasteiger partial charge in [-0.15, -0.1) is 0 Å². The Morgan fingerprint density at radius 1 is 1.18 bits per heavy atom. The number of amides is 2. The smallest absolute Gasteiger partial charge is 0.243 e. The SMILES string of the molecule is COc1ccc(C)cc1NC(=O)CN(C)S(=O)(=O)c1ccc2c(c1)CC(C)N2C(=O)C1CC1. The predicted molar refractivity (Wildman–Crippen MR) is 126 cm³/mol. The average Bonchev–Trinajstić information content (AvgIpc) is 3.55. The van der Waals surface area contributed by atoms with Gasteiger partial charge < -0.3 is 15.0 Å². The summed E-state index contributed by atoms with van der Waals surface area (Å²) in [5.41, 5.74) is 3.04. The molecule has 1 aliphatic heterocycles. The molecule has 4 rings (SSSR count). The molecule has 1 aliphatic carbocycles. The monoisotopic (exact) mass is 471 g/mol. The van der Waals surface area contributed by atoms with Crippen LogP contribution in [0.2, 0.25) is 0 Å². The number of methoxy groups -OCH3 is 1. The zero-order chi connectivity index (χ0) is 23.9. The number of benzene rings is 2. The van der Waals surface area contributed by atoms with E-state index in [4.69, 9.17) is 4.74 Å². The van der Waals surface area contributed by atoms with Gasteiger partial charge in [-0.25, -0.2) is 8.42 Å². The number of ether oxygens (including phenoxy) is 1. The van der Waals surface area contributed by atoms with Crippen molar-refractivity contribution in [2.24, 2.45) is 5.92 Å². The highest BCUT2D eigenvalue weighted by molar-refractivity contribution is 7.89. The van der Waals surface area contributed by atoms with E-state index in [0.717, 1.165) is 34.0 Å². The Balaban J connectivity index is 1.49. The molecule has 1 heterocycles. The molecule has 2 amide bonds. The van der Waals surface area contributed by atoms with E-state index in [1.807, 2.05) is 19.9 Å². The molecular weight excluding hydrogens is 442 g/mol. The van der Waals surface area contributed by atoms with Crippen LogP contribution in [0.25, 0.3) is 0 Å². The van der Waals surface area contributed by atoms with Gasteiger partial charge in [0.1, 0.15) is 5.75 Å². The van der Waals surface area contributed by atoms with Crippen molar-refractivity contribution in [3.63, 3.8) is 0 Å². The molecule has 9 heteroatoms. The van der Waals surface area contributed by atoms with Crippen LogP contribution in [0.3, 0.4) is 0 Å². The molecule has 33 heavy (non-hydrogen) atoms. The van der Waals surface area contributed by atoms with Crippen LogP contribution in [0.15, 0.2) is 41.3 Å². The number of likely N-dealkylation sites (N-methyl/N-ethyl adjacent to an activating group) is 1. The predicted octanol–water partition coefficient (Wildman–Crippen LogP) is 2.95. The molecule has 2 aliphatic rings. The lowest BCUT2D eigenvalue weighted by molar-refractivity contribution is -0.120. The molecule has 1 N–H and O–H groups in total. The fraction of sp³-hybridized carbons (Fsp3) is 0.417. The maximum atomic E-state index is 13.2. The Morgan fingerprint density at radius 2 is 1.91 bits per heavy atom. The highest BCUT2D eigenvalue weighted by Crippen LogP contribution is 2.39. The summed E-state index contributed by atoms with van der Waals surface area (Å²) >= 11 is 0. The second-order valence-corrected chi connectivity index (χ2v) is 10.9. The first-order valence-electron chi connectivity index (χ1n) is 11.0. The molecule has 0 spiro atoms. The third-order valence-electron chi connectivity index (χ3n) is 6.13. The van der Waals surface area contributed by atoms with E-state index >= 15 is 0 Å². The van der Waals surface area contributed by atoms with E-state index in [1.165, 1.54) is 20.2 Å². The van der Waals surface area contributed by atoms with Gasteiger partial charge in [0.15, 0.2) is 0 Å². The standard InChI is InChI=1S/C24H29N3O5S/c1-15-5-10-22(32-4)20(11-15)25-23(28)14-26(3)33(30,31)19-8-9-21-18(13-19)12-16(2)27(21)24(29)17-6-7-17/h5,8-11,13,16-17H,6-7,12,14H2,1-4H3,(H,25,28). The van der Waals surface area contributed by atoms with E-state index in [2.05, 4.69) is 5.32 Å². The van der Waals surface area contributed by atoms with E-state index in [0.29, 0.717) is 17.9 Å². The number of sulfonamides is 1. The maximum Gasteiger partial charge on any atom is 0.243 e. The molecule has 1 atom stereocenters. The summed E-state index contributed by atoms with van der Waals surface area (Å²) < 4.78 is 32.6. The molecule has 1 unspecified atom stereocenters. The first-order chi connectivity index (χ1) is 15.6. The molecule has 176 valence electrons. The number of anilines is 2. The fourth-order valence-electron chi connectivity index (χ4n) is 4.21. The normalized spacial score (nSPS) is 17.7. The number of nitrogens with one attached hydrogen (secondary N) is 1. The van der Waals surface area contributed by atoms with Gasteiger partial charge in [-0.05, 0) is 74.6 Å². The van der Waals surface area contributed by atoms with Gasteiger partial charge in [-0.1, -0.05) is 6.07 Å². The van der Waals surface area contributed by atoms with Crippen LogP contribution in [-0.2, 0) is 26.0 Å². The van der Waals surface area contributed by atoms with Crippen LogP contribution in [-0.4, -0.2) is 51.3 Å². The molecule has 1 saturated carbocycles. The van der Waals surface area contributed by atoms with Crippen molar-refractivity contribution in [2.75, 3.05) is 30.9 Å². The minimum Gasteiger partial charge on any atom is -0.495 e. The number of aryl methyl sites for hydroxylation is 1. The molecule has 0 radical (unpaired) electrons. The second-order valence-electron chi connectivity index (χ2n) is 8.84. The summed E-state index contributed by atoms with van der Waals surface area (Å²) in [5, 5.41) is 2.72. The van der Waals surface area contributed by atoms with Crippen molar-refractivity contribution < 1.29 is 22.7 Å². The van der Waals surface area contributed by atoms with Crippen molar-refractivity contribution in [3.8, 4) is 5.75 Å². The molecule has 0 bridgehead atoms. The topological polar surface area (TPSA) is 96.0 Å². The van der Waals surface area contributed by atoms with Crippen LogP contribution in [0.1, 0.15) is 30.9 Å². The van der Waals surface area contributed by atoms with Crippen molar-refractivity contribution in [1.82, 2.24) is 4.31 Å². The van der Waals surface area contributed by atoms with Gasteiger partial charge in [-0.2, -0.15) is 4.31 Å². The van der Waals surface area contributed by atoms with E-state index in [9.17, 15) is 18.0 Å². The lowest BCUT2D eigenvalue weighted by Gasteiger charge is -2.23. The summed E-state index contributed by atoms with van der Waals surface area (Å²) in [7, 11) is -1.01. The zero-order valence-corrected chi connectivity index (χ0v) is 20.1. The first-order valence-corrected chi connectivity index (χ1v) is 12.4. The van der Waals surface area contributed by atoms with Gasteiger partial charge >= 0.3 is 0 Å². The van der Waals surface area contributed by atoms with Crippen LogP contribution < -0.4 is 15.0 Å². The minimum absolute atomic E-state index is 0.00105. The zero-order valence-electron chi connectivity index (χ0n) is 19.3. The van der Waals surface area contributed by atoms with Crippen molar-refractivity contribution in [3.05, 3.63) is 47.5 Å². The molecule has 2 aromatic rings. The van der Waals surface area contributed by atoms with Crippen molar-refractivity contribution in [1.29, 1.82) is 0 Å². The van der Waals surface area contributed by atoms with Crippen molar-refractivity contribution in [2.45, 2.75) is 44.0 Å². The number of carbonyl (C=O) groups excluding carboxylic acids is 2. The lowest BCUT2D eigenvalue weighted by atomic mass is 10.1.